The minimum atomic E-state index is -0.997. The van der Waals surface area contributed by atoms with E-state index in [0.717, 1.165) is 12.8 Å². The SMILES string of the molecule is [C-]#[N+]/C(Cl)=C(\F)CCCC[Si](C)(C)C. The van der Waals surface area contributed by atoms with Gasteiger partial charge in [0.15, 0.2) is 0 Å². The third kappa shape index (κ3) is 7.11. The molecule has 0 saturated carbocycles. The molecule has 0 amide bonds. The largest absolute Gasteiger partial charge is 0.283 e. The third-order valence-corrected chi connectivity index (χ3v) is 4.04. The van der Waals surface area contributed by atoms with E-state index in [1.54, 1.807) is 0 Å². The van der Waals surface area contributed by atoms with Crippen LogP contribution in [0.1, 0.15) is 19.3 Å². The van der Waals surface area contributed by atoms with Crippen molar-refractivity contribution in [2.75, 3.05) is 0 Å². The van der Waals surface area contributed by atoms with Gasteiger partial charge in [-0.1, -0.05) is 32.1 Å². The summed E-state index contributed by atoms with van der Waals surface area (Å²) in [4.78, 5) is 2.84. The average Bonchev–Trinajstić information content (AvgIpc) is 2.09. The Kier molecular flexibility index (Phi) is 6.06. The number of allylic oxidation sites excluding steroid dienone is 1. The number of unbranched alkanes of at least 4 members (excludes halogenated alkanes) is 1. The maximum Gasteiger partial charge on any atom is 0.283 e. The van der Waals surface area contributed by atoms with Crippen LogP contribution < -0.4 is 0 Å². The molecule has 0 spiro atoms. The van der Waals surface area contributed by atoms with E-state index in [0.29, 0.717) is 6.42 Å². The van der Waals surface area contributed by atoms with Gasteiger partial charge in [0.05, 0.1) is 6.57 Å². The van der Waals surface area contributed by atoms with Crippen LogP contribution in [0.3, 0.4) is 0 Å². The topological polar surface area (TPSA) is 4.36 Å². The maximum atomic E-state index is 13.0. The molecule has 0 aromatic carbocycles. The van der Waals surface area contributed by atoms with Gasteiger partial charge in [0.25, 0.3) is 5.16 Å². The Morgan fingerprint density at radius 2 is 1.93 bits per heavy atom. The highest BCUT2D eigenvalue weighted by molar-refractivity contribution is 6.76. The van der Waals surface area contributed by atoms with Crippen molar-refractivity contribution >= 4 is 19.7 Å². The van der Waals surface area contributed by atoms with Crippen molar-refractivity contribution in [3.8, 4) is 0 Å². The van der Waals surface area contributed by atoms with Gasteiger partial charge >= 0.3 is 0 Å². The molecule has 0 unspecified atom stereocenters. The Bertz CT molecular complexity index is 250. The molecule has 0 aliphatic heterocycles. The molecule has 4 heteroatoms. The van der Waals surface area contributed by atoms with E-state index < -0.39 is 13.9 Å². The molecule has 0 aromatic rings. The highest BCUT2D eigenvalue weighted by atomic mass is 35.5. The quantitative estimate of drug-likeness (QED) is 0.278. The summed E-state index contributed by atoms with van der Waals surface area (Å²) in [5.41, 5.74) is 0. The van der Waals surface area contributed by atoms with Crippen molar-refractivity contribution in [1.29, 1.82) is 0 Å². The van der Waals surface area contributed by atoms with E-state index in [-0.39, 0.29) is 5.16 Å². The maximum absolute atomic E-state index is 13.0. The van der Waals surface area contributed by atoms with Crippen molar-refractivity contribution in [3.05, 3.63) is 22.4 Å². The second kappa shape index (κ2) is 6.21. The molecule has 0 radical (unpaired) electrons. The van der Waals surface area contributed by atoms with Crippen LogP contribution in [0.2, 0.25) is 25.7 Å². The predicted octanol–water partition coefficient (Wildman–Crippen LogP) is 4.79. The molecular formula is C10H17ClFNSi. The minimum Gasteiger partial charge on any atom is -0.224 e. The minimum absolute atomic E-state index is 0.307. The Balaban J connectivity index is 3.73. The summed E-state index contributed by atoms with van der Waals surface area (Å²) in [5, 5.41) is -0.307. The molecule has 0 bridgehead atoms. The second-order valence-corrected chi connectivity index (χ2v) is 10.6. The molecular weight excluding hydrogens is 217 g/mol. The lowest BCUT2D eigenvalue weighted by atomic mass is 10.2. The Morgan fingerprint density at radius 1 is 1.36 bits per heavy atom. The molecule has 0 N–H and O–H groups in total. The van der Waals surface area contributed by atoms with Gasteiger partial charge in [-0.15, -0.1) is 11.6 Å². The average molecular weight is 234 g/mol. The van der Waals surface area contributed by atoms with Crippen LogP contribution in [0.15, 0.2) is 11.0 Å². The standard InChI is InChI=1S/C10H17ClFNSi/c1-13-10(11)9(12)7-5-6-8-14(2,3)4/h5-8H2,2-4H3/b10-9-. The van der Waals surface area contributed by atoms with Crippen LogP contribution in [-0.4, -0.2) is 8.07 Å². The van der Waals surface area contributed by atoms with E-state index >= 15 is 0 Å². The fraction of sp³-hybridized carbons (Fsp3) is 0.700. The predicted molar refractivity (Wildman–Crippen MR) is 62.6 cm³/mol. The Hall–Kier alpha value is -0.333. The first-order chi connectivity index (χ1) is 6.37. The summed E-state index contributed by atoms with van der Waals surface area (Å²) >= 11 is 5.34. The van der Waals surface area contributed by atoms with E-state index in [4.69, 9.17) is 18.2 Å². The Labute approximate surface area is 91.8 Å². The van der Waals surface area contributed by atoms with Crippen molar-refractivity contribution in [3.63, 3.8) is 0 Å². The van der Waals surface area contributed by atoms with Gasteiger partial charge in [0.2, 0.25) is 0 Å². The van der Waals surface area contributed by atoms with Gasteiger partial charge in [0.1, 0.15) is 5.83 Å². The summed E-state index contributed by atoms with van der Waals surface area (Å²) in [6.45, 7) is 13.4. The summed E-state index contributed by atoms with van der Waals surface area (Å²) in [7, 11) is -0.997. The lowest BCUT2D eigenvalue weighted by Crippen LogP contribution is -2.18. The van der Waals surface area contributed by atoms with Gasteiger partial charge in [-0.05, 0) is 12.8 Å². The highest BCUT2D eigenvalue weighted by Crippen LogP contribution is 2.20. The van der Waals surface area contributed by atoms with Crippen LogP contribution in [-0.2, 0) is 0 Å². The molecule has 0 aliphatic rings. The molecule has 0 fully saturated rings. The highest BCUT2D eigenvalue weighted by Gasteiger charge is 2.12. The van der Waals surface area contributed by atoms with Crippen LogP contribution in [0.5, 0.6) is 0 Å². The van der Waals surface area contributed by atoms with E-state index in [2.05, 4.69) is 24.5 Å². The molecule has 80 valence electrons. The first kappa shape index (κ1) is 13.7. The molecule has 0 heterocycles. The fourth-order valence-electron chi connectivity index (χ4n) is 1.10. The van der Waals surface area contributed by atoms with Gasteiger partial charge in [-0.3, -0.25) is 0 Å². The van der Waals surface area contributed by atoms with Crippen LogP contribution in [0.25, 0.3) is 4.85 Å². The first-order valence-electron chi connectivity index (χ1n) is 4.78. The van der Waals surface area contributed by atoms with Crippen molar-refractivity contribution < 1.29 is 4.39 Å². The van der Waals surface area contributed by atoms with E-state index in [1.807, 2.05) is 0 Å². The summed E-state index contributed by atoms with van der Waals surface area (Å²) in [6, 6.07) is 1.20. The molecule has 0 atom stereocenters. The van der Waals surface area contributed by atoms with E-state index in [9.17, 15) is 4.39 Å². The normalized spacial score (nSPS) is 13.4. The molecule has 0 rings (SSSR count). The molecule has 0 aromatic heterocycles. The molecule has 1 nitrogen and oxygen atoms in total. The fourth-order valence-corrected chi connectivity index (χ4v) is 2.50. The smallest absolute Gasteiger partial charge is 0.224 e. The third-order valence-electron chi connectivity index (χ3n) is 1.90. The second-order valence-electron chi connectivity index (χ2n) is 4.58. The number of rotatable bonds is 5. The monoisotopic (exact) mass is 233 g/mol. The van der Waals surface area contributed by atoms with Gasteiger partial charge in [-0.2, -0.15) is 0 Å². The van der Waals surface area contributed by atoms with Gasteiger partial charge < -0.3 is 0 Å². The number of nitrogens with zero attached hydrogens (tertiary/aromatic N) is 1. The van der Waals surface area contributed by atoms with Crippen LogP contribution in [0.4, 0.5) is 4.39 Å². The number of hydrogen-bond donors (Lipinski definition) is 0. The summed E-state index contributed by atoms with van der Waals surface area (Å²) in [6.07, 6.45) is 2.14. The first-order valence-corrected chi connectivity index (χ1v) is 8.87. The molecule has 14 heavy (non-hydrogen) atoms. The van der Waals surface area contributed by atoms with Crippen LogP contribution in [0, 0.1) is 6.57 Å². The van der Waals surface area contributed by atoms with Gasteiger partial charge in [0, 0.05) is 8.07 Å². The van der Waals surface area contributed by atoms with Crippen molar-refractivity contribution in [1.82, 2.24) is 0 Å². The molecule has 0 saturated heterocycles. The van der Waals surface area contributed by atoms with Gasteiger partial charge in [-0.25, -0.2) is 9.24 Å². The van der Waals surface area contributed by atoms with Crippen LogP contribution >= 0.6 is 11.6 Å². The van der Waals surface area contributed by atoms with Crippen molar-refractivity contribution in [2.45, 2.75) is 44.9 Å². The lowest BCUT2D eigenvalue weighted by molar-refractivity contribution is 0.566. The zero-order valence-electron chi connectivity index (χ0n) is 9.03. The summed E-state index contributed by atoms with van der Waals surface area (Å²) in [5.74, 6) is -0.461. The number of halogens is 2. The Morgan fingerprint density at radius 3 is 2.36 bits per heavy atom. The summed E-state index contributed by atoms with van der Waals surface area (Å²) < 4.78 is 13.0. The zero-order valence-corrected chi connectivity index (χ0v) is 10.8. The van der Waals surface area contributed by atoms with Crippen molar-refractivity contribution in [2.24, 2.45) is 0 Å². The van der Waals surface area contributed by atoms with E-state index in [1.165, 1.54) is 6.04 Å². The number of hydrogen-bond acceptors (Lipinski definition) is 0. The lowest BCUT2D eigenvalue weighted by Gasteiger charge is -2.14. The molecule has 0 aliphatic carbocycles. The zero-order chi connectivity index (χ0) is 11.2.